The van der Waals surface area contributed by atoms with Gasteiger partial charge >= 0.3 is 6.18 Å². The number of hydrogen-bond acceptors (Lipinski definition) is 5. The minimum absolute atomic E-state index is 0.0935. The number of alkyl halides is 3. The number of ether oxygens (including phenoxy) is 3. The maximum absolute atomic E-state index is 12.6. The van der Waals surface area contributed by atoms with Gasteiger partial charge < -0.3 is 19.1 Å². The van der Waals surface area contributed by atoms with Gasteiger partial charge in [0.05, 0.1) is 18.7 Å². The monoisotopic (exact) mass is 422 g/mol. The van der Waals surface area contributed by atoms with E-state index in [-0.39, 0.29) is 30.1 Å². The Kier molecular flexibility index (Phi) is 4.99. The lowest BCUT2D eigenvalue weighted by Crippen LogP contribution is -2.57. The Balaban J connectivity index is 1.25. The first-order valence-corrected chi connectivity index (χ1v) is 9.52. The number of rotatable bonds is 5. The first-order valence-electron chi connectivity index (χ1n) is 9.52. The Hall–Kier alpha value is -2.97. The lowest BCUT2D eigenvalue weighted by molar-refractivity contribution is -0.142. The average molecular weight is 422 g/mol. The van der Waals surface area contributed by atoms with Crippen LogP contribution in [0.5, 0.6) is 17.4 Å². The van der Waals surface area contributed by atoms with Gasteiger partial charge in [-0.3, -0.25) is 4.79 Å². The van der Waals surface area contributed by atoms with Gasteiger partial charge in [0.2, 0.25) is 5.88 Å². The van der Waals surface area contributed by atoms with E-state index in [4.69, 9.17) is 14.2 Å². The smallest absolute Gasteiger partial charge is 0.417 e. The molecule has 1 aromatic carbocycles. The van der Waals surface area contributed by atoms with Crippen LogP contribution in [-0.4, -0.2) is 47.2 Å². The van der Waals surface area contributed by atoms with Gasteiger partial charge in [-0.15, -0.1) is 0 Å². The molecule has 1 amide bonds. The fourth-order valence-electron chi connectivity index (χ4n) is 3.44. The number of pyridine rings is 1. The summed E-state index contributed by atoms with van der Waals surface area (Å²) in [6.45, 7) is 4.50. The molecular weight excluding hydrogens is 401 g/mol. The van der Waals surface area contributed by atoms with Gasteiger partial charge in [0.1, 0.15) is 11.7 Å². The molecule has 0 spiro atoms. The quantitative estimate of drug-likeness (QED) is 0.739. The maximum Gasteiger partial charge on any atom is 0.417 e. The third kappa shape index (κ3) is 4.29. The van der Waals surface area contributed by atoms with E-state index in [0.29, 0.717) is 24.6 Å². The Morgan fingerprint density at radius 3 is 2.70 bits per heavy atom. The molecule has 4 rings (SSSR count). The Morgan fingerprint density at radius 1 is 1.27 bits per heavy atom. The highest BCUT2D eigenvalue weighted by molar-refractivity contribution is 5.78. The van der Waals surface area contributed by atoms with Gasteiger partial charge in [-0.25, -0.2) is 4.98 Å². The van der Waals surface area contributed by atoms with E-state index >= 15 is 0 Å². The van der Waals surface area contributed by atoms with Crippen LogP contribution in [0.1, 0.15) is 25.0 Å². The van der Waals surface area contributed by atoms with Crippen LogP contribution in [0, 0.1) is 0 Å². The molecule has 9 heteroatoms. The van der Waals surface area contributed by atoms with Gasteiger partial charge in [0.25, 0.3) is 5.91 Å². The highest BCUT2D eigenvalue weighted by Crippen LogP contribution is 2.41. The first kappa shape index (κ1) is 20.3. The maximum atomic E-state index is 12.6. The molecule has 2 aliphatic heterocycles. The highest BCUT2D eigenvalue weighted by atomic mass is 19.4. The third-order valence-electron chi connectivity index (χ3n) is 4.96. The highest BCUT2D eigenvalue weighted by Gasteiger charge is 2.35. The normalized spacial score (nSPS) is 17.7. The number of benzene rings is 1. The zero-order chi connectivity index (χ0) is 21.5. The van der Waals surface area contributed by atoms with E-state index < -0.39 is 11.7 Å². The molecule has 0 saturated carbocycles. The van der Waals surface area contributed by atoms with E-state index in [9.17, 15) is 18.0 Å². The fourth-order valence-corrected chi connectivity index (χ4v) is 3.44. The van der Waals surface area contributed by atoms with Crippen molar-refractivity contribution in [2.75, 3.05) is 19.7 Å². The number of aromatic nitrogens is 1. The number of halogens is 3. The Morgan fingerprint density at radius 2 is 2.03 bits per heavy atom. The Bertz CT molecular complexity index is 938. The van der Waals surface area contributed by atoms with Gasteiger partial charge in [-0.2, -0.15) is 13.2 Å². The van der Waals surface area contributed by atoms with Crippen molar-refractivity contribution in [3.8, 4) is 17.4 Å². The van der Waals surface area contributed by atoms with Crippen LogP contribution in [-0.2, 0) is 17.4 Å². The van der Waals surface area contributed by atoms with Gasteiger partial charge in [-0.1, -0.05) is 12.1 Å². The number of nitrogens with zero attached hydrogens (tertiary/aromatic N) is 2. The summed E-state index contributed by atoms with van der Waals surface area (Å²) in [4.78, 5) is 17.6. The zero-order valence-corrected chi connectivity index (χ0v) is 16.5. The lowest BCUT2D eigenvalue weighted by atomic mass is 10.0. The molecule has 0 radical (unpaired) electrons. The number of likely N-dealkylation sites (tertiary alicyclic amines) is 1. The van der Waals surface area contributed by atoms with Crippen molar-refractivity contribution in [1.82, 2.24) is 9.88 Å². The number of fused-ring (bicyclic) bond motifs is 1. The molecule has 0 atom stereocenters. The molecule has 0 unspecified atom stereocenters. The molecule has 3 heterocycles. The van der Waals surface area contributed by atoms with Crippen LogP contribution >= 0.6 is 0 Å². The minimum atomic E-state index is -4.44. The van der Waals surface area contributed by atoms with Crippen LogP contribution < -0.4 is 14.2 Å². The van der Waals surface area contributed by atoms with Crippen LogP contribution in [0.2, 0.25) is 0 Å². The summed E-state index contributed by atoms with van der Waals surface area (Å²) in [6.07, 6.45) is -3.25. The second kappa shape index (κ2) is 7.37. The molecule has 1 saturated heterocycles. The van der Waals surface area contributed by atoms with E-state index in [1.54, 1.807) is 11.0 Å². The van der Waals surface area contributed by atoms with E-state index in [0.717, 1.165) is 24.2 Å². The molecule has 30 heavy (non-hydrogen) atoms. The van der Waals surface area contributed by atoms with Crippen molar-refractivity contribution in [1.29, 1.82) is 0 Å². The summed E-state index contributed by atoms with van der Waals surface area (Å²) >= 11 is 0. The summed E-state index contributed by atoms with van der Waals surface area (Å²) < 4.78 is 54.8. The summed E-state index contributed by atoms with van der Waals surface area (Å²) in [5.41, 5.74) is -0.0937. The van der Waals surface area contributed by atoms with Gasteiger partial charge in [0, 0.05) is 24.2 Å². The largest absolute Gasteiger partial charge is 0.483 e. The summed E-state index contributed by atoms with van der Waals surface area (Å²) in [6, 6.07) is 7.71. The van der Waals surface area contributed by atoms with Crippen molar-refractivity contribution in [3.63, 3.8) is 0 Å². The average Bonchev–Trinajstić information content (AvgIpc) is 2.96. The Labute approximate surface area is 171 Å². The molecule has 0 aliphatic carbocycles. The van der Waals surface area contributed by atoms with E-state index in [2.05, 4.69) is 4.98 Å². The molecule has 160 valence electrons. The molecular formula is C21H21F3N2O4. The number of amides is 1. The standard InChI is InChI=1S/C21H21F3N2O4/c1-20(2)8-13-4-3-5-16(19(13)30-20)28-12-18(27)26-10-15(11-26)29-17-7-6-14(9-25-17)21(22,23)24/h3-7,9,15H,8,10-12H2,1-2H3. The predicted octanol–water partition coefficient (Wildman–Crippen LogP) is 3.48. The summed E-state index contributed by atoms with van der Waals surface area (Å²) in [5.74, 6) is 1.10. The first-order chi connectivity index (χ1) is 14.1. The topological polar surface area (TPSA) is 60.9 Å². The third-order valence-corrected chi connectivity index (χ3v) is 4.96. The van der Waals surface area contributed by atoms with E-state index in [1.807, 2.05) is 26.0 Å². The van der Waals surface area contributed by atoms with Crippen LogP contribution in [0.4, 0.5) is 13.2 Å². The zero-order valence-electron chi connectivity index (χ0n) is 16.5. The van der Waals surface area contributed by atoms with Crippen molar-refractivity contribution >= 4 is 5.91 Å². The number of carbonyl (C=O) groups is 1. The number of para-hydroxylation sites is 1. The molecule has 1 aromatic heterocycles. The van der Waals surface area contributed by atoms with Crippen LogP contribution in [0.3, 0.4) is 0 Å². The molecule has 2 aliphatic rings. The summed E-state index contributed by atoms with van der Waals surface area (Å²) in [7, 11) is 0. The molecule has 0 N–H and O–H groups in total. The predicted molar refractivity (Wildman–Crippen MR) is 101 cm³/mol. The van der Waals surface area contributed by atoms with Gasteiger partial charge in [0.15, 0.2) is 18.1 Å². The molecule has 1 fully saturated rings. The fraction of sp³-hybridized carbons (Fsp3) is 0.429. The number of hydrogen-bond donors (Lipinski definition) is 0. The van der Waals surface area contributed by atoms with E-state index in [1.165, 1.54) is 6.07 Å². The van der Waals surface area contributed by atoms with Crippen molar-refractivity contribution in [2.45, 2.75) is 38.1 Å². The van der Waals surface area contributed by atoms with Crippen molar-refractivity contribution in [3.05, 3.63) is 47.7 Å². The van der Waals surface area contributed by atoms with Crippen LogP contribution in [0.25, 0.3) is 0 Å². The molecule has 2 aromatic rings. The van der Waals surface area contributed by atoms with Crippen LogP contribution in [0.15, 0.2) is 36.5 Å². The summed E-state index contributed by atoms with van der Waals surface area (Å²) in [5, 5.41) is 0. The molecule has 6 nitrogen and oxygen atoms in total. The van der Waals surface area contributed by atoms with Crippen molar-refractivity contribution < 1.29 is 32.2 Å². The minimum Gasteiger partial charge on any atom is -0.483 e. The van der Waals surface area contributed by atoms with Gasteiger partial charge in [-0.05, 0) is 26.0 Å². The van der Waals surface area contributed by atoms with Crippen molar-refractivity contribution in [2.24, 2.45) is 0 Å². The number of carbonyl (C=O) groups excluding carboxylic acids is 1. The molecule has 0 bridgehead atoms. The lowest BCUT2D eigenvalue weighted by Gasteiger charge is -2.38. The SMILES string of the molecule is CC1(C)Cc2cccc(OCC(=O)N3CC(Oc4ccc(C(F)(F)F)cn4)C3)c2O1. The second-order valence-electron chi connectivity index (χ2n) is 7.99. The second-order valence-corrected chi connectivity index (χ2v) is 7.99.